The lowest BCUT2D eigenvalue weighted by molar-refractivity contribution is -0.137. The Kier molecular flexibility index (Phi) is 18.1. The second-order valence-electron chi connectivity index (χ2n) is 24.8. The molecule has 23 heteroatoms. The minimum Gasteiger partial charge on any atom is -0.440 e. The number of alkyl halides is 3. The van der Waals surface area contributed by atoms with Crippen LogP contribution in [0, 0.1) is 5.41 Å². The summed E-state index contributed by atoms with van der Waals surface area (Å²) in [6, 6.07) is 21.7. The van der Waals surface area contributed by atoms with Gasteiger partial charge in [-0.2, -0.15) is 23.1 Å². The van der Waals surface area contributed by atoms with Crippen LogP contribution >= 0.6 is 0 Å². The predicted octanol–water partition coefficient (Wildman–Crippen LogP) is 14.5. The maximum absolute atomic E-state index is 14.5. The summed E-state index contributed by atoms with van der Waals surface area (Å²) < 4.78 is 70.6. The van der Waals surface area contributed by atoms with E-state index >= 15 is 0 Å². The fourth-order valence-corrected chi connectivity index (χ4v) is 12.4. The minimum absolute atomic E-state index is 0.0146. The van der Waals surface area contributed by atoms with Crippen molar-refractivity contribution in [2.45, 2.75) is 118 Å². The molecule has 2 N–H and O–H groups in total. The Labute approximate surface area is 528 Å². The van der Waals surface area contributed by atoms with Crippen molar-refractivity contribution in [3.63, 3.8) is 0 Å². The van der Waals surface area contributed by atoms with E-state index in [4.69, 9.17) is 23.3 Å². The third-order valence-corrected chi connectivity index (χ3v) is 17.0. The highest BCUT2D eigenvalue weighted by Crippen LogP contribution is 2.41. The average Bonchev–Trinajstić information content (AvgIpc) is 1.57. The Morgan fingerprint density at radius 3 is 1.52 bits per heavy atom. The number of morpholine rings is 2. The van der Waals surface area contributed by atoms with E-state index in [-0.39, 0.29) is 68.4 Å². The number of hydrogen-bond acceptors (Lipinski definition) is 18. The molecule has 2 aliphatic carbocycles. The summed E-state index contributed by atoms with van der Waals surface area (Å²) in [4.78, 5) is 82.4. The molecule has 2 aromatic carbocycles. The number of nitrogens with one attached hydrogen (secondary N) is 2. The first kappa shape index (κ1) is 62.8. The maximum Gasteiger partial charge on any atom is 0.417 e. The lowest BCUT2D eigenvalue weighted by Gasteiger charge is -2.27. The highest BCUT2D eigenvalue weighted by molar-refractivity contribution is 6.02. The maximum atomic E-state index is 14.5. The van der Waals surface area contributed by atoms with E-state index in [0.29, 0.717) is 110 Å². The van der Waals surface area contributed by atoms with E-state index in [1.165, 1.54) is 30.7 Å². The van der Waals surface area contributed by atoms with Crippen molar-refractivity contribution < 1.29 is 41.1 Å². The van der Waals surface area contributed by atoms with Crippen LogP contribution in [0.2, 0.25) is 0 Å². The van der Waals surface area contributed by atoms with Crippen LogP contribution in [0.3, 0.4) is 0 Å². The molecule has 2 saturated carbocycles. The van der Waals surface area contributed by atoms with Gasteiger partial charge >= 0.3 is 6.18 Å². The third kappa shape index (κ3) is 13.4. The van der Waals surface area contributed by atoms with Gasteiger partial charge in [-0.1, -0.05) is 78.9 Å². The minimum atomic E-state index is -4.73. The first-order valence-electron chi connectivity index (χ1n) is 31.5. The molecule has 10 aromatic rings. The van der Waals surface area contributed by atoms with Gasteiger partial charge in [0, 0.05) is 109 Å². The van der Waals surface area contributed by atoms with Gasteiger partial charge in [0.05, 0.1) is 54.2 Å². The molecule has 0 radical (unpaired) electrons. The molecule has 92 heavy (non-hydrogen) atoms. The highest BCUT2D eigenvalue weighted by Gasteiger charge is 2.36. The number of benzene rings is 2. The first-order valence-corrected chi connectivity index (χ1v) is 31.5. The van der Waals surface area contributed by atoms with Gasteiger partial charge < -0.3 is 47.9 Å². The average molecular weight is 1260 g/mol. The first-order chi connectivity index (χ1) is 44.3. The summed E-state index contributed by atoms with van der Waals surface area (Å²) >= 11 is 0. The Bertz CT molecular complexity index is 4490. The van der Waals surface area contributed by atoms with E-state index in [1.54, 1.807) is 43.7 Å². The summed E-state index contributed by atoms with van der Waals surface area (Å²) in [5.74, 6) is 1.91. The molecule has 0 atom stereocenters. The van der Waals surface area contributed by atoms with Gasteiger partial charge in [-0.25, -0.2) is 19.9 Å². The summed E-state index contributed by atoms with van der Waals surface area (Å²) in [5, 5.41) is 8.39. The van der Waals surface area contributed by atoms with Gasteiger partial charge in [-0.3, -0.25) is 19.2 Å². The summed E-state index contributed by atoms with van der Waals surface area (Å²) in [5.41, 5.74) is 3.17. The van der Waals surface area contributed by atoms with Gasteiger partial charge in [-0.15, -0.1) is 0 Å². The van der Waals surface area contributed by atoms with Gasteiger partial charge in [0.1, 0.15) is 34.1 Å². The highest BCUT2D eigenvalue weighted by atomic mass is 19.4. The monoisotopic (exact) mass is 1250 g/mol. The molecule has 0 amide bonds. The summed E-state index contributed by atoms with van der Waals surface area (Å²) in [7, 11) is 0. The Balaban J connectivity index is 0.000000172. The van der Waals surface area contributed by atoms with Crippen molar-refractivity contribution in [3.8, 4) is 22.3 Å². The number of ether oxygens (including phenoxy) is 2. The SMILES string of the molecule is CC(=O)c1cc2cnc(Nc3ccc(-c4ccc5c(=O)cc(N6CCOCC6)oc5c4)cn3)nc2n1C1CCCC1.CC(C)(C)C(=O)c1cc2cnc(Nc3cc(C(F)(F)F)c(-c4ccc5c(=O)cc(N6CCOCC6)oc5c4)cn3)nc2n1C1CCCC1.CCC. The van der Waals surface area contributed by atoms with Crippen LogP contribution in [0.4, 0.5) is 48.5 Å². The molecule has 478 valence electrons. The van der Waals surface area contributed by atoms with Crippen molar-refractivity contribution in [1.29, 1.82) is 0 Å². The van der Waals surface area contributed by atoms with Crippen LogP contribution in [0.25, 0.3) is 66.3 Å². The molecule has 20 nitrogen and oxygen atoms in total. The molecule has 8 aromatic heterocycles. The molecule has 2 saturated heterocycles. The number of halogens is 3. The lowest BCUT2D eigenvalue weighted by atomic mass is 9.88. The van der Waals surface area contributed by atoms with E-state index in [1.807, 2.05) is 65.5 Å². The number of hydrogen-bond donors (Lipinski definition) is 2. The zero-order valence-corrected chi connectivity index (χ0v) is 52.4. The topological polar surface area (TPSA) is 231 Å². The molecule has 4 aliphatic rings. The van der Waals surface area contributed by atoms with Crippen molar-refractivity contribution in [2.24, 2.45) is 5.41 Å². The van der Waals surface area contributed by atoms with Crippen LogP contribution in [0.1, 0.15) is 138 Å². The number of carbonyl (C=O) groups is 2. The van der Waals surface area contributed by atoms with Crippen molar-refractivity contribution in [2.75, 3.05) is 73.0 Å². The van der Waals surface area contributed by atoms with Gasteiger partial charge in [0.15, 0.2) is 34.2 Å². The molecule has 0 unspecified atom stereocenters. The normalized spacial score (nSPS) is 15.8. The molecule has 0 bridgehead atoms. The molecule has 2 aliphatic heterocycles. The number of Topliss-reactive ketones (excluding diaryl/α,β-unsaturated/α-hetero) is 2. The van der Waals surface area contributed by atoms with Crippen molar-refractivity contribution >= 4 is 90.9 Å². The predicted molar refractivity (Wildman–Crippen MR) is 349 cm³/mol. The molecule has 0 spiro atoms. The lowest BCUT2D eigenvalue weighted by Crippen LogP contribution is -2.36. The molecule has 14 rings (SSSR count). The van der Waals surface area contributed by atoms with Gasteiger partial charge in [0.25, 0.3) is 0 Å². The zero-order chi connectivity index (χ0) is 64.4. The van der Waals surface area contributed by atoms with Crippen molar-refractivity contribution in [1.82, 2.24) is 39.0 Å². The fraction of sp³-hybridized carbons (Fsp3) is 0.391. The Morgan fingerprint density at radius 2 is 1.03 bits per heavy atom. The largest absolute Gasteiger partial charge is 0.440 e. The number of aromatic nitrogens is 8. The Hall–Kier alpha value is -9.35. The van der Waals surface area contributed by atoms with E-state index in [2.05, 4.69) is 54.0 Å². The van der Waals surface area contributed by atoms with Crippen molar-refractivity contribution in [3.05, 3.63) is 141 Å². The molecule has 4 fully saturated rings. The summed E-state index contributed by atoms with van der Waals surface area (Å²) in [6.45, 7) is 16.1. The van der Waals surface area contributed by atoms with Crippen LogP contribution in [0.15, 0.2) is 122 Å². The standard InChI is InChI=1S/C35H35F3N6O4.C31H30N6O4.C3H8/c1-34(2,3)31(46)26-14-21-18-40-33(42-32(21)44(26)22-6-4-5-7-22)41-29-16-25(35(36,37)38)24(19-39-29)20-8-9-23-27(45)17-30(48-28(23)15-20)43-10-12-47-13-11-43;1-19(38)25-14-22-18-33-31(35-30(22)37(25)23-4-2-3-5-23)34-28-9-7-21(17-32-28)20-6-8-24-26(39)16-29(41-27(24)15-20)36-10-12-40-13-11-36;1-3-2/h8-9,14-19,22H,4-7,10-13H2,1-3H3,(H,39,40,41,42);6-9,14-18,23H,2-5,10-13H2,1H3,(H,32,33,34,35);3H2,1-2H3. The van der Waals surface area contributed by atoms with Crippen LogP contribution in [-0.4, -0.2) is 103 Å². The third-order valence-electron chi connectivity index (χ3n) is 17.0. The second-order valence-corrected chi connectivity index (χ2v) is 24.8. The van der Waals surface area contributed by atoms with E-state index in [0.717, 1.165) is 85.8 Å². The van der Waals surface area contributed by atoms with Crippen LogP contribution in [-0.2, 0) is 15.7 Å². The van der Waals surface area contributed by atoms with Crippen LogP contribution < -0.4 is 31.3 Å². The number of ketones is 2. The number of anilines is 6. The zero-order valence-electron chi connectivity index (χ0n) is 52.4. The quantitative estimate of drug-likeness (QED) is 0.108. The van der Waals surface area contributed by atoms with Crippen LogP contribution in [0.5, 0.6) is 0 Å². The van der Waals surface area contributed by atoms with Gasteiger partial charge in [-0.05, 0) is 91.4 Å². The summed E-state index contributed by atoms with van der Waals surface area (Å²) in [6.07, 6.45) is 11.1. The number of pyridine rings is 2. The molecule has 10 heterocycles. The number of nitrogens with zero attached hydrogens (tertiary/aromatic N) is 10. The molecular weight excluding hydrogens is 1180 g/mol. The smallest absolute Gasteiger partial charge is 0.417 e. The number of fused-ring (bicyclic) bond motifs is 4. The molecular formula is C69H73F3N12O8. The Morgan fingerprint density at radius 1 is 0.565 bits per heavy atom. The number of rotatable bonds is 12. The van der Waals surface area contributed by atoms with Gasteiger partial charge in [0.2, 0.25) is 11.9 Å². The number of carbonyl (C=O) groups excluding carboxylic acids is 2. The van der Waals surface area contributed by atoms with E-state index < -0.39 is 17.2 Å². The fourth-order valence-electron chi connectivity index (χ4n) is 12.4. The second kappa shape index (κ2) is 26.5. The van der Waals surface area contributed by atoms with E-state index in [9.17, 15) is 32.3 Å².